The number of aliphatic imine (C=N–C) groups is 1. The van der Waals surface area contributed by atoms with Crippen LogP contribution in [0.25, 0.3) is 0 Å². The molecule has 1 saturated heterocycles. The molecule has 0 bridgehead atoms. The maximum absolute atomic E-state index is 11.4. The Morgan fingerprint density at radius 3 is 2.74 bits per heavy atom. The Bertz CT molecular complexity index is 390. The van der Waals surface area contributed by atoms with E-state index in [1.165, 1.54) is 0 Å². The highest BCUT2D eigenvalue weighted by Gasteiger charge is 2.31. The first-order chi connectivity index (χ1) is 8.70. The minimum Gasteiger partial charge on any atom is -0.595 e. The Morgan fingerprint density at radius 1 is 1.58 bits per heavy atom. The summed E-state index contributed by atoms with van der Waals surface area (Å²) in [6.07, 6.45) is 0.673. The zero-order chi connectivity index (χ0) is 14.6. The van der Waals surface area contributed by atoms with E-state index in [4.69, 9.17) is 22.1 Å². The number of rotatable bonds is 3. The summed E-state index contributed by atoms with van der Waals surface area (Å²) in [6, 6.07) is -0.596. The third kappa shape index (κ3) is 5.02. The second-order valence-electron chi connectivity index (χ2n) is 5.38. The first-order valence-electron chi connectivity index (χ1n) is 6.13. The Balaban J connectivity index is 2.55. The SMILES string of the molecule is CC(C)(C)OC([O-])=NCC(=S)N1CCC[C@@H]1C(=O)O. The molecule has 1 rings (SSSR count). The van der Waals surface area contributed by atoms with Gasteiger partial charge in [0, 0.05) is 12.1 Å². The second kappa shape index (κ2) is 6.18. The Hall–Kier alpha value is -1.37. The lowest BCUT2D eigenvalue weighted by molar-refractivity contribution is -0.260. The number of carboxylic acids is 1. The van der Waals surface area contributed by atoms with Crippen LogP contribution in [-0.4, -0.2) is 51.8 Å². The summed E-state index contributed by atoms with van der Waals surface area (Å²) in [5.74, 6) is -0.892. The number of ether oxygens (including phenoxy) is 1. The summed E-state index contributed by atoms with van der Waals surface area (Å²) < 4.78 is 5.02. The van der Waals surface area contributed by atoms with Crippen LogP contribution in [0, 0.1) is 0 Å². The molecule has 1 aliphatic rings. The van der Waals surface area contributed by atoms with E-state index < -0.39 is 23.7 Å². The van der Waals surface area contributed by atoms with E-state index in [1.807, 2.05) is 0 Å². The number of aliphatic carboxylic acids is 1. The first kappa shape index (κ1) is 15.7. The van der Waals surface area contributed by atoms with Gasteiger partial charge in [0.2, 0.25) is 0 Å². The molecule has 0 spiro atoms. The first-order valence-corrected chi connectivity index (χ1v) is 6.54. The summed E-state index contributed by atoms with van der Waals surface area (Å²) in [5.41, 5.74) is -0.598. The molecule has 0 saturated carbocycles. The van der Waals surface area contributed by atoms with E-state index in [-0.39, 0.29) is 6.54 Å². The van der Waals surface area contributed by atoms with Gasteiger partial charge in [-0.15, -0.1) is 0 Å². The average molecular weight is 287 g/mol. The summed E-state index contributed by atoms with van der Waals surface area (Å²) in [7, 11) is 0. The highest BCUT2D eigenvalue weighted by Crippen LogP contribution is 2.18. The molecule has 1 N–H and O–H groups in total. The van der Waals surface area contributed by atoms with Gasteiger partial charge in [0.05, 0.1) is 6.54 Å². The zero-order valence-electron chi connectivity index (χ0n) is 11.4. The number of hydrogen-bond acceptors (Lipinski definition) is 5. The van der Waals surface area contributed by atoms with Gasteiger partial charge in [-0.25, -0.2) is 4.79 Å². The van der Waals surface area contributed by atoms with Gasteiger partial charge in [-0.05, 0) is 12.8 Å². The van der Waals surface area contributed by atoms with Gasteiger partial charge >= 0.3 is 5.97 Å². The van der Waals surface area contributed by atoms with Crippen LogP contribution >= 0.6 is 12.2 Å². The summed E-state index contributed by atoms with van der Waals surface area (Å²) in [4.78, 5) is 16.7. The fourth-order valence-corrected chi connectivity index (χ4v) is 2.12. The quantitative estimate of drug-likeness (QED) is 0.459. The minimum atomic E-state index is -0.892. The number of nitrogens with zero attached hydrogens (tertiary/aromatic N) is 2. The van der Waals surface area contributed by atoms with Crippen molar-refractivity contribution in [2.45, 2.75) is 45.3 Å². The molecule has 0 radical (unpaired) electrons. The molecule has 0 amide bonds. The maximum atomic E-state index is 11.4. The lowest BCUT2D eigenvalue weighted by Crippen LogP contribution is -2.41. The maximum Gasteiger partial charge on any atom is 0.326 e. The summed E-state index contributed by atoms with van der Waals surface area (Å²) in [6.45, 7) is 5.84. The van der Waals surface area contributed by atoms with Crippen molar-refractivity contribution in [3.63, 3.8) is 0 Å². The molecule has 0 aliphatic carbocycles. The van der Waals surface area contributed by atoms with Crippen molar-refractivity contribution in [3.05, 3.63) is 0 Å². The number of thiocarbonyl (C=S) groups is 1. The summed E-state index contributed by atoms with van der Waals surface area (Å²) in [5, 5.41) is 20.4. The van der Waals surface area contributed by atoms with Crippen molar-refractivity contribution in [1.29, 1.82) is 0 Å². The molecule has 108 valence electrons. The molecule has 1 atom stereocenters. The van der Waals surface area contributed by atoms with E-state index in [0.717, 1.165) is 6.42 Å². The largest absolute Gasteiger partial charge is 0.595 e. The van der Waals surface area contributed by atoms with Gasteiger partial charge in [-0.1, -0.05) is 33.0 Å². The molecular weight excluding hydrogens is 268 g/mol. The van der Waals surface area contributed by atoms with Gasteiger partial charge < -0.3 is 19.8 Å². The molecule has 19 heavy (non-hydrogen) atoms. The van der Waals surface area contributed by atoms with Crippen LogP contribution in [0.3, 0.4) is 0 Å². The standard InChI is InChI=1S/C12H20N2O4S/c1-12(2,3)18-11(17)13-7-9(19)14-6-4-5-8(14)10(15)16/h8H,4-7H2,1-3H3,(H,13,17)(H,15,16)/p-1/t8-/m1/s1. The van der Waals surface area contributed by atoms with Crippen molar-refractivity contribution in [3.8, 4) is 0 Å². The van der Waals surface area contributed by atoms with Crippen LogP contribution in [0.2, 0.25) is 0 Å². The van der Waals surface area contributed by atoms with Crippen molar-refractivity contribution in [1.82, 2.24) is 4.90 Å². The highest BCUT2D eigenvalue weighted by molar-refractivity contribution is 7.80. The highest BCUT2D eigenvalue weighted by atomic mass is 32.1. The minimum absolute atomic E-state index is 0.00593. The van der Waals surface area contributed by atoms with Crippen LogP contribution in [0.4, 0.5) is 0 Å². The molecule has 0 aromatic heterocycles. The average Bonchev–Trinajstić information content (AvgIpc) is 2.72. The third-order valence-electron chi connectivity index (χ3n) is 2.60. The van der Waals surface area contributed by atoms with Gasteiger partial charge in [0.25, 0.3) is 0 Å². The molecule has 0 aromatic carbocycles. The summed E-state index contributed by atoms with van der Waals surface area (Å²) >= 11 is 5.13. The van der Waals surface area contributed by atoms with Crippen molar-refractivity contribution in [2.24, 2.45) is 4.99 Å². The fourth-order valence-electron chi connectivity index (χ4n) is 1.84. The number of carbonyl (C=O) groups is 1. The predicted molar refractivity (Wildman–Crippen MR) is 73.1 cm³/mol. The monoisotopic (exact) mass is 287 g/mol. The Kier molecular flexibility index (Phi) is 5.11. The van der Waals surface area contributed by atoms with Gasteiger partial charge in [-0.2, -0.15) is 0 Å². The van der Waals surface area contributed by atoms with E-state index in [0.29, 0.717) is 18.0 Å². The molecule has 6 nitrogen and oxygen atoms in total. The van der Waals surface area contributed by atoms with Crippen molar-refractivity contribution >= 4 is 29.3 Å². The predicted octanol–water partition coefficient (Wildman–Crippen LogP) is 0.394. The molecule has 7 heteroatoms. The van der Waals surface area contributed by atoms with Crippen LogP contribution in [0.1, 0.15) is 33.6 Å². The van der Waals surface area contributed by atoms with Crippen LogP contribution < -0.4 is 5.11 Å². The Morgan fingerprint density at radius 2 is 2.21 bits per heavy atom. The number of likely N-dealkylation sites (tertiary alicyclic amines) is 1. The third-order valence-corrected chi connectivity index (χ3v) is 2.96. The van der Waals surface area contributed by atoms with Crippen molar-refractivity contribution < 1.29 is 19.7 Å². The van der Waals surface area contributed by atoms with Gasteiger partial charge in [0.1, 0.15) is 17.1 Å². The molecular formula is C12H19N2O4S-. The number of carboxylic acid groups (broad SMARTS) is 1. The van der Waals surface area contributed by atoms with Crippen LogP contribution in [-0.2, 0) is 9.53 Å². The van der Waals surface area contributed by atoms with Crippen LogP contribution in [0.5, 0.6) is 0 Å². The smallest absolute Gasteiger partial charge is 0.326 e. The molecule has 1 aliphatic heterocycles. The normalized spacial score (nSPS) is 20.5. The van der Waals surface area contributed by atoms with Crippen molar-refractivity contribution in [2.75, 3.05) is 13.1 Å². The van der Waals surface area contributed by atoms with E-state index in [9.17, 15) is 9.90 Å². The Labute approximate surface area is 118 Å². The lowest BCUT2D eigenvalue weighted by Gasteiger charge is -2.30. The molecule has 0 unspecified atom stereocenters. The van der Waals surface area contributed by atoms with Gasteiger partial charge in [0.15, 0.2) is 0 Å². The fraction of sp³-hybridized carbons (Fsp3) is 0.750. The molecule has 1 fully saturated rings. The zero-order valence-corrected chi connectivity index (χ0v) is 12.2. The van der Waals surface area contributed by atoms with Gasteiger partial charge in [-0.3, -0.25) is 4.99 Å². The molecule has 0 aromatic rings. The van der Waals surface area contributed by atoms with E-state index in [1.54, 1.807) is 25.7 Å². The topological polar surface area (TPSA) is 85.2 Å². The van der Waals surface area contributed by atoms with E-state index in [2.05, 4.69) is 4.99 Å². The lowest BCUT2D eigenvalue weighted by atomic mass is 10.2. The number of hydrogen-bond donors (Lipinski definition) is 1. The second-order valence-corrected chi connectivity index (χ2v) is 5.85. The molecule has 1 heterocycles. The van der Waals surface area contributed by atoms with Crippen LogP contribution in [0.15, 0.2) is 4.99 Å². The van der Waals surface area contributed by atoms with E-state index >= 15 is 0 Å².